The Morgan fingerprint density at radius 1 is 1.38 bits per heavy atom. The molecule has 0 bridgehead atoms. The van der Waals surface area contributed by atoms with Crippen molar-refractivity contribution in [1.29, 1.82) is 0 Å². The van der Waals surface area contributed by atoms with Crippen LogP contribution < -0.4 is 5.32 Å². The Hall–Kier alpha value is -0.720. The van der Waals surface area contributed by atoms with Crippen LogP contribution in [0.3, 0.4) is 0 Å². The zero-order valence-corrected chi connectivity index (χ0v) is 11.0. The molecule has 6 heteroatoms. The smallest absolute Gasteiger partial charge is 0.205 e. The molecule has 0 fully saturated rings. The first kappa shape index (κ1) is 13.3. The highest BCUT2D eigenvalue weighted by Crippen LogP contribution is 2.15. The summed E-state index contributed by atoms with van der Waals surface area (Å²) >= 11 is 1.60. The molecule has 1 aromatic heterocycles. The average Bonchev–Trinajstić information content (AvgIpc) is 2.75. The molecule has 0 saturated heterocycles. The summed E-state index contributed by atoms with van der Waals surface area (Å²) in [6.07, 6.45) is 0. The molecule has 1 rings (SSSR count). The third kappa shape index (κ3) is 4.42. The molecule has 1 aromatic rings. The van der Waals surface area contributed by atoms with Gasteiger partial charge in [0.25, 0.3) is 0 Å². The maximum Gasteiger partial charge on any atom is 0.205 e. The van der Waals surface area contributed by atoms with Crippen molar-refractivity contribution < 1.29 is 4.74 Å². The van der Waals surface area contributed by atoms with Gasteiger partial charge in [-0.25, -0.2) is 0 Å². The summed E-state index contributed by atoms with van der Waals surface area (Å²) in [5.74, 6) is 0. The van der Waals surface area contributed by atoms with Gasteiger partial charge in [0.05, 0.1) is 13.2 Å². The maximum absolute atomic E-state index is 5.34. The lowest BCUT2D eigenvalue weighted by Gasteiger charge is -2.18. The quantitative estimate of drug-likeness (QED) is 0.701. The first-order chi connectivity index (χ1) is 7.80. The monoisotopic (exact) mass is 244 g/mol. The third-order valence-corrected chi connectivity index (χ3v) is 3.17. The Balaban J connectivity index is 2.36. The average molecular weight is 244 g/mol. The highest BCUT2D eigenvalue weighted by atomic mass is 32.1. The van der Waals surface area contributed by atoms with Gasteiger partial charge in [-0.3, -0.25) is 4.90 Å². The fraction of sp³-hybridized carbons (Fsp3) is 0.800. The van der Waals surface area contributed by atoms with Gasteiger partial charge >= 0.3 is 0 Å². The van der Waals surface area contributed by atoms with Gasteiger partial charge in [-0.15, -0.1) is 10.2 Å². The summed E-state index contributed by atoms with van der Waals surface area (Å²) in [5.41, 5.74) is 0. The summed E-state index contributed by atoms with van der Waals surface area (Å²) < 4.78 is 5.34. The molecule has 0 aliphatic heterocycles. The Bertz CT molecular complexity index is 292. The van der Waals surface area contributed by atoms with Gasteiger partial charge in [0, 0.05) is 20.2 Å². The lowest BCUT2D eigenvalue weighted by atomic mass is 10.5. The lowest BCUT2D eigenvalue weighted by molar-refractivity contribution is 0.113. The largest absolute Gasteiger partial charge is 0.380 e. The number of nitrogens with zero attached hydrogens (tertiary/aromatic N) is 3. The normalized spacial score (nSPS) is 11.0. The molecular weight excluding hydrogens is 224 g/mol. The van der Waals surface area contributed by atoms with E-state index in [-0.39, 0.29) is 0 Å². The van der Waals surface area contributed by atoms with Crippen LogP contribution in [-0.2, 0) is 11.3 Å². The topological polar surface area (TPSA) is 50.3 Å². The highest BCUT2D eigenvalue weighted by Gasteiger charge is 2.08. The second-order valence-corrected chi connectivity index (χ2v) is 4.38. The van der Waals surface area contributed by atoms with E-state index in [0.29, 0.717) is 0 Å². The third-order valence-electron chi connectivity index (χ3n) is 2.24. The van der Waals surface area contributed by atoms with Crippen LogP contribution in [0.4, 0.5) is 5.13 Å². The van der Waals surface area contributed by atoms with E-state index < -0.39 is 0 Å². The van der Waals surface area contributed by atoms with Gasteiger partial charge in [-0.05, 0) is 13.5 Å². The van der Waals surface area contributed by atoms with E-state index in [1.54, 1.807) is 11.3 Å². The molecule has 0 radical (unpaired) electrons. The Kier molecular flexibility index (Phi) is 6.29. The van der Waals surface area contributed by atoms with Crippen molar-refractivity contribution in [2.45, 2.75) is 20.4 Å². The summed E-state index contributed by atoms with van der Waals surface area (Å²) in [7, 11) is 1.86. The van der Waals surface area contributed by atoms with Crippen LogP contribution in [-0.4, -0.2) is 48.4 Å². The van der Waals surface area contributed by atoms with Crippen LogP contribution >= 0.6 is 11.3 Å². The fourth-order valence-electron chi connectivity index (χ4n) is 1.30. The second kappa shape index (κ2) is 7.54. The van der Waals surface area contributed by atoms with Crippen LogP contribution in [0.25, 0.3) is 0 Å². The minimum absolute atomic E-state index is 0.778. The first-order valence-corrected chi connectivity index (χ1v) is 6.42. The zero-order valence-electron chi connectivity index (χ0n) is 10.2. The van der Waals surface area contributed by atoms with Gasteiger partial charge in [-0.1, -0.05) is 18.3 Å². The van der Waals surface area contributed by atoms with E-state index in [1.165, 1.54) is 0 Å². The molecule has 1 N–H and O–H groups in total. The number of ether oxygens (including phenoxy) is 1. The van der Waals surface area contributed by atoms with Crippen LogP contribution in [0, 0.1) is 0 Å². The number of likely N-dealkylation sites (N-methyl/N-ethyl adjacent to an activating group) is 1. The van der Waals surface area contributed by atoms with Gasteiger partial charge in [-0.2, -0.15) is 0 Å². The van der Waals surface area contributed by atoms with Crippen LogP contribution in [0.5, 0.6) is 0 Å². The Morgan fingerprint density at radius 3 is 2.75 bits per heavy atom. The van der Waals surface area contributed by atoms with Crippen molar-refractivity contribution in [2.75, 3.05) is 38.7 Å². The molecule has 0 saturated carbocycles. The zero-order chi connectivity index (χ0) is 11.8. The van der Waals surface area contributed by atoms with E-state index in [9.17, 15) is 0 Å². The Labute approximate surface area is 101 Å². The maximum atomic E-state index is 5.34. The minimum Gasteiger partial charge on any atom is -0.380 e. The molecule has 0 unspecified atom stereocenters. The van der Waals surface area contributed by atoms with Crippen LogP contribution in [0.15, 0.2) is 0 Å². The summed E-state index contributed by atoms with van der Waals surface area (Å²) in [4.78, 5) is 2.30. The van der Waals surface area contributed by atoms with E-state index >= 15 is 0 Å². The molecule has 16 heavy (non-hydrogen) atoms. The standard InChI is InChI=1S/C10H20N4OS/c1-4-14(6-7-15-5-2)8-9-12-13-10(11-3)16-9/h4-8H2,1-3H3,(H,11,13). The lowest BCUT2D eigenvalue weighted by Crippen LogP contribution is -2.27. The molecule has 0 spiro atoms. The molecule has 0 amide bonds. The molecule has 92 valence electrons. The fourth-order valence-corrected chi connectivity index (χ4v) is 2.03. The van der Waals surface area contributed by atoms with Gasteiger partial charge in [0.2, 0.25) is 5.13 Å². The minimum atomic E-state index is 0.778. The van der Waals surface area contributed by atoms with E-state index in [0.717, 1.165) is 43.0 Å². The molecule has 5 nitrogen and oxygen atoms in total. The van der Waals surface area contributed by atoms with E-state index in [2.05, 4.69) is 27.3 Å². The molecule has 0 atom stereocenters. The van der Waals surface area contributed by atoms with Crippen molar-refractivity contribution in [3.05, 3.63) is 5.01 Å². The van der Waals surface area contributed by atoms with Crippen molar-refractivity contribution in [3.63, 3.8) is 0 Å². The number of hydrogen-bond donors (Lipinski definition) is 1. The van der Waals surface area contributed by atoms with Crippen molar-refractivity contribution in [1.82, 2.24) is 15.1 Å². The van der Waals surface area contributed by atoms with Gasteiger partial charge in [0.15, 0.2) is 0 Å². The van der Waals surface area contributed by atoms with E-state index in [1.807, 2.05) is 14.0 Å². The van der Waals surface area contributed by atoms with Crippen molar-refractivity contribution >= 4 is 16.5 Å². The van der Waals surface area contributed by atoms with Crippen LogP contribution in [0.1, 0.15) is 18.9 Å². The number of aromatic nitrogens is 2. The SMILES string of the molecule is CCOCCN(CC)Cc1nnc(NC)s1. The number of rotatable bonds is 8. The number of hydrogen-bond acceptors (Lipinski definition) is 6. The summed E-state index contributed by atoms with van der Waals surface area (Å²) in [6, 6.07) is 0. The second-order valence-electron chi connectivity index (χ2n) is 3.32. The first-order valence-electron chi connectivity index (χ1n) is 5.60. The van der Waals surface area contributed by atoms with Crippen LogP contribution in [0.2, 0.25) is 0 Å². The Morgan fingerprint density at radius 2 is 2.19 bits per heavy atom. The predicted molar refractivity (Wildman–Crippen MR) is 66.9 cm³/mol. The molecule has 0 aliphatic rings. The molecule has 0 aromatic carbocycles. The van der Waals surface area contributed by atoms with Gasteiger partial charge in [0.1, 0.15) is 5.01 Å². The van der Waals surface area contributed by atoms with Crippen molar-refractivity contribution in [3.8, 4) is 0 Å². The summed E-state index contributed by atoms with van der Waals surface area (Å²) in [5, 5.41) is 13.1. The predicted octanol–water partition coefficient (Wildman–Crippen LogP) is 1.44. The highest BCUT2D eigenvalue weighted by molar-refractivity contribution is 7.15. The number of anilines is 1. The van der Waals surface area contributed by atoms with Crippen molar-refractivity contribution in [2.24, 2.45) is 0 Å². The molecular formula is C10H20N4OS. The van der Waals surface area contributed by atoms with E-state index in [4.69, 9.17) is 4.74 Å². The molecule has 1 heterocycles. The van der Waals surface area contributed by atoms with Gasteiger partial charge < -0.3 is 10.1 Å². The number of nitrogens with one attached hydrogen (secondary N) is 1. The summed E-state index contributed by atoms with van der Waals surface area (Å²) in [6.45, 7) is 8.51. The molecule has 0 aliphatic carbocycles.